The van der Waals surface area contributed by atoms with Gasteiger partial charge in [0, 0.05) is 18.2 Å². The van der Waals surface area contributed by atoms with Crippen molar-refractivity contribution in [2.75, 3.05) is 17.8 Å². The number of hydrogen-bond acceptors (Lipinski definition) is 4. The molecule has 0 saturated heterocycles. The van der Waals surface area contributed by atoms with Gasteiger partial charge in [0.1, 0.15) is 0 Å². The lowest BCUT2D eigenvalue weighted by Crippen LogP contribution is -2.38. The Morgan fingerprint density at radius 2 is 1.77 bits per heavy atom. The molecule has 1 amide bonds. The molecule has 6 nitrogen and oxygen atoms in total. The minimum atomic E-state index is -3.79. The fourth-order valence-electron chi connectivity index (χ4n) is 2.30. The van der Waals surface area contributed by atoms with Gasteiger partial charge < -0.3 is 10.6 Å². The summed E-state index contributed by atoms with van der Waals surface area (Å²) < 4.78 is 27.3. The maximum Gasteiger partial charge on any atom is 0.261 e. The number of anilines is 1. The molecule has 0 fully saturated rings. The Hall–Kier alpha value is -2.09. The molecule has 8 heteroatoms. The molecule has 140 valence electrons. The number of halogens is 1. The van der Waals surface area contributed by atoms with Crippen LogP contribution in [-0.4, -0.2) is 33.5 Å². The van der Waals surface area contributed by atoms with E-state index in [0.29, 0.717) is 22.8 Å². The molecule has 26 heavy (non-hydrogen) atoms. The van der Waals surface area contributed by atoms with Crippen LogP contribution < -0.4 is 15.4 Å². The summed E-state index contributed by atoms with van der Waals surface area (Å²) in [5, 5.41) is 6.31. The predicted molar refractivity (Wildman–Crippen MR) is 104 cm³/mol. The van der Waals surface area contributed by atoms with E-state index in [0.717, 1.165) is 6.54 Å². The van der Waals surface area contributed by atoms with Crippen molar-refractivity contribution in [3.63, 3.8) is 0 Å². The Kier molecular flexibility index (Phi) is 7.02. The maximum absolute atomic E-state index is 12.4. The van der Waals surface area contributed by atoms with Crippen LogP contribution in [-0.2, 0) is 10.0 Å². The van der Waals surface area contributed by atoms with E-state index in [1.165, 1.54) is 24.3 Å². The number of sulfonamides is 1. The van der Waals surface area contributed by atoms with Gasteiger partial charge in [-0.25, -0.2) is 8.42 Å². The van der Waals surface area contributed by atoms with Crippen LogP contribution in [0, 0.1) is 0 Å². The van der Waals surface area contributed by atoms with Crippen molar-refractivity contribution in [3.8, 4) is 0 Å². The van der Waals surface area contributed by atoms with Crippen molar-refractivity contribution in [1.29, 1.82) is 0 Å². The van der Waals surface area contributed by atoms with E-state index in [2.05, 4.69) is 15.4 Å². The molecule has 0 heterocycles. The van der Waals surface area contributed by atoms with Gasteiger partial charge in [0.05, 0.1) is 15.6 Å². The highest BCUT2D eigenvalue weighted by Gasteiger charge is 2.16. The highest BCUT2D eigenvalue weighted by molar-refractivity contribution is 7.92. The second-order valence-corrected chi connectivity index (χ2v) is 7.87. The van der Waals surface area contributed by atoms with E-state index < -0.39 is 10.0 Å². The Morgan fingerprint density at radius 3 is 2.38 bits per heavy atom. The van der Waals surface area contributed by atoms with E-state index in [4.69, 9.17) is 11.6 Å². The first-order chi connectivity index (χ1) is 12.3. The first-order valence-electron chi connectivity index (χ1n) is 8.22. The van der Waals surface area contributed by atoms with Crippen LogP contribution in [0.15, 0.2) is 53.4 Å². The van der Waals surface area contributed by atoms with Gasteiger partial charge in [-0.3, -0.25) is 9.52 Å². The molecular formula is C18H22ClN3O3S. The van der Waals surface area contributed by atoms with Crippen molar-refractivity contribution >= 4 is 33.2 Å². The van der Waals surface area contributed by atoms with Gasteiger partial charge in [0.2, 0.25) is 0 Å². The average molecular weight is 396 g/mol. The van der Waals surface area contributed by atoms with Gasteiger partial charge in [-0.15, -0.1) is 0 Å². The Balaban J connectivity index is 2.06. The summed E-state index contributed by atoms with van der Waals surface area (Å²) >= 11 is 5.98. The number of amides is 1. The third kappa shape index (κ3) is 5.45. The number of rotatable bonds is 8. The lowest BCUT2D eigenvalue weighted by Gasteiger charge is -2.13. The molecule has 2 aromatic rings. The van der Waals surface area contributed by atoms with E-state index in [-0.39, 0.29) is 16.8 Å². The molecule has 0 radical (unpaired) electrons. The van der Waals surface area contributed by atoms with Crippen LogP contribution in [0.3, 0.4) is 0 Å². The molecule has 1 atom stereocenters. The molecule has 0 aliphatic rings. The summed E-state index contributed by atoms with van der Waals surface area (Å²) in [7, 11) is -3.79. The molecule has 0 aromatic heterocycles. The lowest BCUT2D eigenvalue weighted by molar-refractivity contribution is 0.0950. The predicted octanol–water partition coefficient (Wildman–Crippen LogP) is 2.87. The molecule has 0 bridgehead atoms. The van der Waals surface area contributed by atoms with E-state index in [1.54, 1.807) is 24.3 Å². The van der Waals surface area contributed by atoms with Crippen LogP contribution >= 0.6 is 11.6 Å². The van der Waals surface area contributed by atoms with Gasteiger partial charge in [0.25, 0.3) is 15.9 Å². The minimum Gasteiger partial charge on any atom is -0.350 e. The molecule has 0 aliphatic carbocycles. The molecule has 0 unspecified atom stereocenters. The highest BCUT2D eigenvalue weighted by atomic mass is 35.5. The van der Waals surface area contributed by atoms with E-state index >= 15 is 0 Å². The van der Waals surface area contributed by atoms with Crippen molar-refractivity contribution in [2.45, 2.75) is 24.8 Å². The number of carbonyl (C=O) groups excluding carboxylic acids is 1. The van der Waals surface area contributed by atoms with Gasteiger partial charge in [-0.05, 0) is 49.9 Å². The first kappa shape index (κ1) is 20.2. The fourth-order valence-corrected chi connectivity index (χ4v) is 3.62. The number of likely N-dealkylation sites (N-methyl/N-ethyl adjacent to an activating group) is 1. The van der Waals surface area contributed by atoms with Crippen molar-refractivity contribution in [1.82, 2.24) is 10.6 Å². The van der Waals surface area contributed by atoms with Crippen LogP contribution in [0.1, 0.15) is 24.2 Å². The van der Waals surface area contributed by atoms with Crippen LogP contribution in [0.2, 0.25) is 5.02 Å². The number of nitrogens with one attached hydrogen (secondary N) is 3. The maximum atomic E-state index is 12.4. The molecular weight excluding hydrogens is 374 g/mol. The summed E-state index contributed by atoms with van der Waals surface area (Å²) in [6.07, 6.45) is 0. The molecule has 0 aliphatic heterocycles. The number of carbonyl (C=O) groups is 1. The SMILES string of the molecule is CCN[C@H](C)CNC(=O)c1ccc(S(=O)(=O)Nc2ccccc2Cl)cc1. The monoisotopic (exact) mass is 395 g/mol. The van der Waals surface area contributed by atoms with Crippen molar-refractivity contribution in [2.24, 2.45) is 0 Å². The van der Waals surface area contributed by atoms with Crippen molar-refractivity contribution < 1.29 is 13.2 Å². The number of hydrogen-bond donors (Lipinski definition) is 3. The summed E-state index contributed by atoms with van der Waals surface area (Å²) in [6.45, 7) is 5.27. The van der Waals surface area contributed by atoms with Crippen molar-refractivity contribution in [3.05, 3.63) is 59.1 Å². The van der Waals surface area contributed by atoms with E-state index in [9.17, 15) is 13.2 Å². The summed E-state index contributed by atoms with van der Waals surface area (Å²) in [5.41, 5.74) is 0.693. The lowest BCUT2D eigenvalue weighted by atomic mass is 10.2. The third-order valence-corrected chi connectivity index (χ3v) is 5.38. The Morgan fingerprint density at radius 1 is 1.12 bits per heavy atom. The topological polar surface area (TPSA) is 87.3 Å². The standard InChI is InChI=1S/C18H22ClN3O3S/c1-3-20-13(2)12-21-18(23)14-8-10-15(11-9-14)26(24,25)22-17-7-5-4-6-16(17)19/h4-11,13,20,22H,3,12H2,1-2H3,(H,21,23)/t13-/m1/s1. The zero-order valence-electron chi connectivity index (χ0n) is 14.6. The zero-order chi connectivity index (χ0) is 19.2. The summed E-state index contributed by atoms with van der Waals surface area (Å²) in [4.78, 5) is 12.2. The molecule has 2 rings (SSSR count). The second-order valence-electron chi connectivity index (χ2n) is 5.78. The van der Waals surface area contributed by atoms with Gasteiger partial charge in [-0.1, -0.05) is 30.7 Å². The first-order valence-corrected chi connectivity index (χ1v) is 10.1. The van der Waals surface area contributed by atoms with Crippen LogP contribution in [0.4, 0.5) is 5.69 Å². The normalized spacial score (nSPS) is 12.4. The fraction of sp³-hybridized carbons (Fsp3) is 0.278. The van der Waals surface area contributed by atoms with Crippen LogP contribution in [0.25, 0.3) is 0 Å². The summed E-state index contributed by atoms with van der Waals surface area (Å²) in [5.74, 6) is -0.252. The Bertz CT molecular complexity index is 854. The summed E-state index contributed by atoms with van der Waals surface area (Å²) in [6, 6.07) is 12.5. The highest BCUT2D eigenvalue weighted by Crippen LogP contribution is 2.24. The average Bonchev–Trinajstić information content (AvgIpc) is 2.62. The second kappa shape index (κ2) is 9.02. The molecule has 0 saturated carbocycles. The number of para-hydroxylation sites is 1. The molecule has 3 N–H and O–H groups in total. The minimum absolute atomic E-state index is 0.0509. The molecule has 0 spiro atoms. The number of benzene rings is 2. The quantitative estimate of drug-likeness (QED) is 0.641. The van der Waals surface area contributed by atoms with E-state index in [1.807, 2.05) is 13.8 Å². The smallest absolute Gasteiger partial charge is 0.261 e. The van der Waals surface area contributed by atoms with Gasteiger partial charge in [-0.2, -0.15) is 0 Å². The van der Waals surface area contributed by atoms with Gasteiger partial charge in [0.15, 0.2) is 0 Å². The largest absolute Gasteiger partial charge is 0.350 e. The molecule has 2 aromatic carbocycles. The Labute approximate surface area is 159 Å². The van der Waals surface area contributed by atoms with Gasteiger partial charge >= 0.3 is 0 Å². The zero-order valence-corrected chi connectivity index (χ0v) is 16.2. The third-order valence-electron chi connectivity index (χ3n) is 3.67. The van der Waals surface area contributed by atoms with Crippen LogP contribution in [0.5, 0.6) is 0 Å².